The Bertz CT molecular complexity index is 1000. The molecule has 1 aliphatic heterocycles. The molecule has 0 aliphatic carbocycles. The number of ketones is 1. The van der Waals surface area contributed by atoms with Gasteiger partial charge >= 0.3 is 12.3 Å². The normalized spacial score (nSPS) is 15.4. The number of nitriles is 1. The van der Waals surface area contributed by atoms with Crippen LogP contribution in [0.3, 0.4) is 0 Å². The van der Waals surface area contributed by atoms with Crippen LogP contribution in [0.25, 0.3) is 0 Å². The SMILES string of the molecule is N#Cc1ccc(SN2CCN(C(=O)OC(C(=O)CCCc3ccccc3)C(F)(F)F)CC2)cc1. The molecule has 0 N–H and O–H groups in total. The zero-order valence-electron chi connectivity index (χ0n) is 18.3. The van der Waals surface area contributed by atoms with Gasteiger partial charge in [-0.15, -0.1) is 0 Å². The van der Waals surface area contributed by atoms with Crippen molar-refractivity contribution in [2.45, 2.75) is 36.4 Å². The Balaban J connectivity index is 1.48. The molecule has 0 aromatic heterocycles. The van der Waals surface area contributed by atoms with Gasteiger partial charge in [0, 0.05) is 37.5 Å². The second-order valence-electron chi connectivity index (χ2n) is 7.75. The number of hydrogen-bond acceptors (Lipinski definition) is 6. The molecule has 0 radical (unpaired) electrons. The Morgan fingerprint density at radius 1 is 1.03 bits per heavy atom. The van der Waals surface area contributed by atoms with Crippen LogP contribution in [0.2, 0.25) is 0 Å². The van der Waals surface area contributed by atoms with E-state index in [2.05, 4.69) is 4.74 Å². The zero-order chi connectivity index (χ0) is 24.6. The number of hydrogen-bond donors (Lipinski definition) is 0. The maximum absolute atomic E-state index is 13.5. The predicted molar refractivity (Wildman–Crippen MR) is 121 cm³/mol. The van der Waals surface area contributed by atoms with Gasteiger partial charge in [0.05, 0.1) is 11.6 Å². The van der Waals surface area contributed by atoms with Gasteiger partial charge in [-0.2, -0.15) is 18.4 Å². The third-order valence-electron chi connectivity index (χ3n) is 5.25. The highest BCUT2D eigenvalue weighted by atomic mass is 32.2. The molecule has 1 atom stereocenters. The minimum Gasteiger partial charge on any atom is -0.428 e. The third kappa shape index (κ3) is 7.50. The van der Waals surface area contributed by atoms with Crippen molar-refractivity contribution in [2.24, 2.45) is 0 Å². The topological polar surface area (TPSA) is 73.6 Å². The number of nitrogens with zero attached hydrogens (tertiary/aromatic N) is 3. The lowest BCUT2D eigenvalue weighted by atomic mass is 10.0. The number of rotatable bonds is 8. The number of amides is 1. The number of carbonyl (C=O) groups is 2. The molecule has 34 heavy (non-hydrogen) atoms. The lowest BCUT2D eigenvalue weighted by Crippen LogP contribution is -2.50. The van der Waals surface area contributed by atoms with E-state index in [1.54, 1.807) is 24.3 Å². The number of Topliss-reactive ketones (excluding diaryl/α,β-unsaturated/α-hetero) is 1. The largest absolute Gasteiger partial charge is 0.432 e. The molecule has 10 heteroatoms. The minimum atomic E-state index is -4.97. The molecule has 2 aromatic rings. The van der Waals surface area contributed by atoms with E-state index < -0.39 is 24.2 Å². The molecule has 0 bridgehead atoms. The molecule has 1 aliphatic rings. The van der Waals surface area contributed by atoms with Gasteiger partial charge in [0.2, 0.25) is 0 Å². The van der Waals surface area contributed by atoms with Crippen LogP contribution in [-0.2, 0) is 16.0 Å². The van der Waals surface area contributed by atoms with Crippen LogP contribution in [0.5, 0.6) is 0 Å². The first kappa shape index (κ1) is 25.6. The van der Waals surface area contributed by atoms with Crippen LogP contribution in [0.4, 0.5) is 18.0 Å². The number of carbonyl (C=O) groups excluding carboxylic acids is 2. The van der Waals surface area contributed by atoms with Crippen molar-refractivity contribution in [1.29, 1.82) is 5.26 Å². The average molecular weight is 492 g/mol. The Morgan fingerprint density at radius 2 is 1.68 bits per heavy atom. The Hall–Kier alpha value is -3.03. The van der Waals surface area contributed by atoms with Gasteiger partial charge in [0.1, 0.15) is 0 Å². The molecular weight excluding hydrogens is 467 g/mol. The molecule has 1 amide bonds. The van der Waals surface area contributed by atoms with Crippen LogP contribution < -0.4 is 0 Å². The van der Waals surface area contributed by atoms with E-state index in [4.69, 9.17) is 5.26 Å². The smallest absolute Gasteiger partial charge is 0.428 e. The maximum atomic E-state index is 13.5. The van der Waals surface area contributed by atoms with E-state index in [9.17, 15) is 22.8 Å². The number of aryl methyl sites for hydroxylation is 1. The first-order chi connectivity index (χ1) is 16.3. The fourth-order valence-electron chi connectivity index (χ4n) is 3.43. The van der Waals surface area contributed by atoms with Crippen molar-refractivity contribution < 1.29 is 27.5 Å². The predicted octanol–water partition coefficient (Wildman–Crippen LogP) is 4.84. The molecule has 1 fully saturated rings. The number of alkyl halides is 3. The van der Waals surface area contributed by atoms with Gasteiger partial charge < -0.3 is 9.64 Å². The summed E-state index contributed by atoms with van der Waals surface area (Å²) in [6.07, 6.45) is -8.50. The number of halogens is 3. The quantitative estimate of drug-likeness (QED) is 0.492. The van der Waals surface area contributed by atoms with Crippen molar-refractivity contribution in [3.05, 3.63) is 65.7 Å². The first-order valence-corrected chi connectivity index (χ1v) is 11.6. The Kier molecular flexibility index (Phi) is 8.96. The summed E-state index contributed by atoms with van der Waals surface area (Å²) in [5.74, 6) is -1.15. The van der Waals surface area contributed by atoms with E-state index in [-0.39, 0.29) is 25.9 Å². The molecule has 180 valence electrons. The summed E-state index contributed by atoms with van der Waals surface area (Å²) in [5, 5.41) is 8.86. The Labute approximate surface area is 200 Å². The van der Waals surface area contributed by atoms with E-state index >= 15 is 0 Å². The second-order valence-corrected chi connectivity index (χ2v) is 8.92. The molecule has 0 spiro atoms. The second kappa shape index (κ2) is 11.9. The van der Waals surface area contributed by atoms with E-state index in [1.807, 2.05) is 40.7 Å². The number of ether oxygens (including phenoxy) is 1. The van der Waals surface area contributed by atoms with Crippen LogP contribution in [0, 0.1) is 11.3 Å². The van der Waals surface area contributed by atoms with Crippen LogP contribution in [0.15, 0.2) is 59.5 Å². The molecule has 1 saturated heterocycles. The van der Waals surface area contributed by atoms with Crippen molar-refractivity contribution in [3.8, 4) is 6.07 Å². The molecule has 6 nitrogen and oxygen atoms in total. The molecular formula is C24H24F3N3O3S. The number of piperazine rings is 1. The lowest BCUT2D eigenvalue weighted by Gasteiger charge is -2.34. The van der Waals surface area contributed by atoms with E-state index in [0.717, 1.165) is 10.5 Å². The van der Waals surface area contributed by atoms with Crippen molar-refractivity contribution >= 4 is 23.8 Å². The van der Waals surface area contributed by atoms with Gasteiger partial charge in [-0.1, -0.05) is 30.3 Å². The Morgan fingerprint density at radius 3 is 2.26 bits per heavy atom. The van der Waals surface area contributed by atoms with Gasteiger partial charge in [0.25, 0.3) is 6.10 Å². The third-order valence-corrected chi connectivity index (χ3v) is 6.36. The molecule has 3 rings (SSSR count). The zero-order valence-corrected chi connectivity index (χ0v) is 19.1. The summed E-state index contributed by atoms with van der Waals surface area (Å²) < 4.78 is 47.0. The van der Waals surface area contributed by atoms with Crippen LogP contribution >= 0.6 is 11.9 Å². The molecule has 0 saturated carbocycles. The highest BCUT2D eigenvalue weighted by Gasteiger charge is 2.48. The summed E-state index contributed by atoms with van der Waals surface area (Å²) in [7, 11) is 0. The van der Waals surface area contributed by atoms with Crippen LogP contribution in [0.1, 0.15) is 24.0 Å². The van der Waals surface area contributed by atoms with E-state index in [0.29, 0.717) is 25.1 Å². The van der Waals surface area contributed by atoms with Crippen molar-refractivity contribution in [1.82, 2.24) is 9.21 Å². The summed E-state index contributed by atoms with van der Waals surface area (Å²) in [6, 6.07) is 18.2. The number of benzene rings is 2. The van der Waals surface area contributed by atoms with Crippen molar-refractivity contribution in [3.63, 3.8) is 0 Å². The minimum absolute atomic E-state index is 0.175. The van der Waals surface area contributed by atoms with Gasteiger partial charge in [-0.25, -0.2) is 9.10 Å². The molecule has 1 unspecified atom stereocenters. The van der Waals surface area contributed by atoms with Crippen LogP contribution in [-0.4, -0.2) is 59.5 Å². The monoisotopic (exact) mass is 491 g/mol. The van der Waals surface area contributed by atoms with Gasteiger partial charge in [-0.3, -0.25) is 4.79 Å². The average Bonchev–Trinajstić information content (AvgIpc) is 2.83. The summed E-state index contributed by atoms with van der Waals surface area (Å²) in [6.45, 7) is 1.19. The molecule has 2 aromatic carbocycles. The highest BCUT2D eigenvalue weighted by molar-refractivity contribution is 7.97. The maximum Gasteiger partial charge on any atom is 0.432 e. The highest BCUT2D eigenvalue weighted by Crippen LogP contribution is 2.27. The first-order valence-electron chi connectivity index (χ1n) is 10.8. The fourth-order valence-corrected chi connectivity index (χ4v) is 4.34. The lowest BCUT2D eigenvalue weighted by molar-refractivity contribution is -0.205. The van der Waals surface area contributed by atoms with Gasteiger partial charge in [0.15, 0.2) is 5.78 Å². The standard InChI is InChI=1S/C24H24F3N3O3S/c25-24(26,27)22(21(31)8-4-7-18-5-2-1-3-6-18)33-23(32)29-13-15-30(16-14-29)34-20-11-9-19(17-28)10-12-20/h1-3,5-6,9-12,22H,4,7-8,13-16H2. The van der Waals surface area contributed by atoms with Crippen molar-refractivity contribution in [2.75, 3.05) is 26.2 Å². The summed E-state index contributed by atoms with van der Waals surface area (Å²) >= 11 is 1.44. The summed E-state index contributed by atoms with van der Waals surface area (Å²) in [5.41, 5.74) is 1.47. The molecule has 1 heterocycles. The summed E-state index contributed by atoms with van der Waals surface area (Å²) in [4.78, 5) is 26.7. The van der Waals surface area contributed by atoms with Gasteiger partial charge in [-0.05, 0) is 54.6 Å². The fraction of sp³-hybridized carbons (Fsp3) is 0.375. The van der Waals surface area contributed by atoms with E-state index in [1.165, 1.54) is 16.8 Å².